The van der Waals surface area contributed by atoms with Crippen LogP contribution in [0.5, 0.6) is 5.75 Å². The van der Waals surface area contributed by atoms with Gasteiger partial charge in [-0.15, -0.1) is 13.2 Å². The fourth-order valence-corrected chi connectivity index (χ4v) is 1.76. The molecule has 3 nitrogen and oxygen atoms in total. The number of hydrogen-bond donors (Lipinski definition) is 0. The van der Waals surface area contributed by atoms with E-state index in [0.717, 1.165) is 0 Å². The summed E-state index contributed by atoms with van der Waals surface area (Å²) in [4.78, 5) is 7.81. The van der Waals surface area contributed by atoms with Crippen LogP contribution in [0.4, 0.5) is 13.2 Å². The minimum Gasteiger partial charge on any atom is -0.406 e. The molecule has 1 aromatic carbocycles. The van der Waals surface area contributed by atoms with Crippen molar-refractivity contribution in [3.05, 3.63) is 28.2 Å². The van der Waals surface area contributed by atoms with Gasteiger partial charge in [0.1, 0.15) is 15.8 Å². The van der Waals surface area contributed by atoms with Gasteiger partial charge in [0.15, 0.2) is 0 Å². The lowest BCUT2D eigenvalue weighted by atomic mass is 10.2. The average Bonchev–Trinajstić information content (AvgIpc) is 2.17. The maximum Gasteiger partial charge on any atom is 0.573 e. The van der Waals surface area contributed by atoms with Crippen molar-refractivity contribution < 1.29 is 17.9 Å². The lowest BCUT2D eigenvalue weighted by molar-refractivity contribution is -0.274. The molecule has 2 rings (SSSR count). The normalized spacial score (nSPS) is 11.8. The van der Waals surface area contributed by atoms with Gasteiger partial charge >= 0.3 is 6.36 Å². The standard InChI is InChI=1S/C9H4F3IN2O/c10-9(11,12)16-5-1-2-7-6(3-5)8(13)15-4-14-7/h1-4H. The number of benzene rings is 1. The number of halogens is 4. The molecule has 1 aromatic heterocycles. The Morgan fingerprint density at radius 3 is 2.62 bits per heavy atom. The first-order valence-electron chi connectivity index (χ1n) is 4.12. The van der Waals surface area contributed by atoms with Crippen LogP contribution in [0.25, 0.3) is 10.9 Å². The number of ether oxygens (including phenoxy) is 1. The summed E-state index contributed by atoms with van der Waals surface area (Å²) in [5, 5.41) is 0.532. The second kappa shape index (κ2) is 4.04. The van der Waals surface area contributed by atoms with Gasteiger partial charge in [-0.3, -0.25) is 0 Å². The van der Waals surface area contributed by atoms with Crippen molar-refractivity contribution >= 4 is 33.5 Å². The zero-order chi connectivity index (χ0) is 11.8. The van der Waals surface area contributed by atoms with Gasteiger partial charge in [0.25, 0.3) is 0 Å². The van der Waals surface area contributed by atoms with Crippen molar-refractivity contribution in [1.29, 1.82) is 0 Å². The number of aromatic nitrogens is 2. The largest absolute Gasteiger partial charge is 0.573 e. The Morgan fingerprint density at radius 1 is 1.19 bits per heavy atom. The summed E-state index contributed by atoms with van der Waals surface area (Å²) in [6.45, 7) is 0. The summed E-state index contributed by atoms with van der Waals surface area (Å²) >= 11 is 1.92. The molecule has 1 heterocycles. The van der Waals surface area contributed by atoms with Crippen molar-refractivity contribution in [3.63, 3.8) is 0 Å². The number of alkyl halides is 3. The van der Waals surface area contributed by atoms with E-state index in [2.05, 4.69) is 14.7 Å². The van der Waals surface area contributed by atoms with E-state index in [0.29, 0.717) is 14.6 Å². The highest BCUT2D eigenvalue weighted by atomic mass is 127. The predicted molar refractivity (Wildman–Crippen MR) is 58.9 cm³/mol. The quantitative estimate of drug-likeness (QED) is 0.591. The zero-order valence-corrected chi connectivity index (χ0v) is 9.78. The third-order valence-corrected chi connectivity index (χ3v) is 2.65. The summed E-state index contributed by atoms with van der Waals surface area (Å²) in [5.74, 6) is -0.271. The summed E-state index contributed by atoms with van der Waals surface area (Å²) in [6, 6.07) is 3.95. The molecule has 16 heavy (non-hydrogen) atoms. The van der Waals surface area contributed by atoms with E-state index < -0.39 is 6.36 Å². The molecule has 0 unspecified atom stereocenters. The van der Waals surface area contributed by atoms with Gasteiger partial charge in [-0.25, -0.2) is 9.97 Å². The van der Waals surface area contributed by atoms with Gasteiger partial charge in [0.2, 0.25) is 0 Å². The first-order valence-corrected chi connectivity index (χ1v) is 5.19. The van der Waals surface area contributed by atoms with Gasteiger partial charge in [0, 0.05) is 5.39 Å². The third kappa shape index (κ3) is 2.52. The lowest BCUT2D eigenvalue weighted by Gasteiger charge is -2.09. The maximum atomic E-state index is 12.0. The molecule has 84 valence electrons. The molecule has 0 aliphatic heterocycles. The topological polar surface area (TPSA) is 35.0 Å². The average molecular weight is 340 g/mol. The molecule has 0 radical (unpaired) electrons. The van der Waals surface area contributed by atoms with Crippen LogP contribution in [0.3, 0.4) is 0 Å². The SMILES string of the molecule is FC(F)(F)Oc1ccc2ncnc(I)c2c1. The fraction of sp³-hybridized carbons (Fsp3) is 0.111. The van der Waals surface area contributed by atoms with Crippen LogP contribution in [0.2, 0.25) is 0 Å². The Labute approximate surface area is 102 Å². The Kier molecular flexibility index (Phi) is 2.87. The van der Waals surface area contributed by atoms with E-state index in [1.54, 1.807) is 0 Å². The summed E-state index contributed by atoms with van der Waals surface area (Å²) in [5.41, 5.74) is 0.578. The van der Waals surface area contributed by atoms with E-state index in [9.17, 15) is 13.2 Å². The van der Waals surface area contributed by atoms with Crippen LogP contribution in [0.1, 0.15) is 0 Å². The second-order valence-electron chi connectivity index (χ2n) is 2.89. The number of hydrogen-bond acceptors (Lipinski definition) is 3. The van der Waals surface area contributed by atoms with E-state index in [1.165, 1.54) is 24.5 Å². The lowest BCUT2D eigenvalue weighted by Crippen LogP contribution is -2.17. The molecular weight excluding hydrogens is 336 g/mol. The van der Waals surface area contributed by atoms with E-state index in [1.807, 2.05) is 22.6 Å². The highest BCUT2D eigenvalue weighted by Crippen LogP contribution is 2.27. The van der Waals surface area contributed by atoms with Crippen molar-refractivity contribution in [2.45, 2.75) is 6.36 Å². The number of fused-ring (bicyclic) bond motifs is 1. The molecule has 0 aliphatic rings. The molecule has 0 atom stereocenters. The van der Waals surface area contributed by atoms with Crippen molar-refractivity contribution in [1.82, 2.24) is 9.97 Å². The Morgan fingerprint density at radius 2 is 1.94 bits per heavy atom. The molecule has 0 bridgehead atoms. The highest BCUT2D eigenvalue weighted by molar-refractivity contribution is 14.1. The molecule has 0 fully saturated rings. The fourth-order valence-electron chi connectivity index (χ4n) is 1.20. The Balaban J connectivity index is 2.47. The Hall–Kier alpha value is -1.12. The molecule has 2 aromatic rings. The molecule has 7 heteroatoms. The van der Waals surface area contributed by atoms with Gasteiger partial charge in [-0.1, -0.05) is 0 Å². The van der Waals surface area contributed by atoms with Gasteiger partial charge < -0.3 is 4.74 Å². The van der Waals surface area contributed by atoms with Crippen LogP contribution < -0.4 is 4.74 Å². The molecular formula is C9H4F3IN2O. The smallest absolute Gasteiger partial charge is 0.406 e. The van der Waals surface area contributed by atoms with E-state index >= 15 is 0 Å². The first-order chi connectivity index (χ1) is 7.46. The van der Waals surface area contributed by atoms with Gasteiger partial charge in [0.05, 0.1) is 5.52 Å². The van der Waals surface area contributed by atoms with E-state index in [-0.39, 0.29) is 5.75 Å². The van der Waals surface area contributed by atoms with Gasteiger partial charge in [-0.2, -0.15) is 0 Å². The van der Waals surface area contributed by atoms with Crippen molar-refractivity contribution in [3.8, 4) is 5.75 Å². The van der Waals surface area contributed by atoms with Crippen molar-refractivity contribution in [2.75, 3.05) is 0 Å². The molecule has 0 saturated heterocycles. The number of rotatable bonds is 1. The van der Waals surface area contributed by atoms with Crippen LogP contribution >= 0.6 is 22.6 Å². The monoisotopic (exact) mass is 340 g/mol. The molecule has 0 saturated carbocycles. The molecule has 0 N–H and O–H groups in total. The minimum atomic E-state index is -4.69. The molecule has 0 amide bonds. The zero-order valence-electron chi connectivity index (χ0n) is 7.62. The first kappa shape index (κ1) is 11.4. The van der Waals surface area contributed by atoms with Crippen LogP contribution in [-0.2, 0) is 0 Å². The summed E-state index contributed by atoms with van der Waals surface area (Å²) in [7, 11) is 0. The molecule has 0 aliphatic carbocycles. The van der Waals surface area contributed by atoms with Crippen LogP contribution in [0.15, 0.2) is 24.5 Å². The summed E-state index contributed by atoms with van der Waals surface area (Å²) in [6.07, 6.45) is -3.33. The van der Waals surface area contributed by atoms with Gasteiger partial charge in [-0.05, 0) is 40.8 Å². The number of nitrogens with zero attached hydrogens (tertiary/aromatic N) is 2. The maximum absolute atomic E-state index is 12.0. The van der Waals surface area contributed by atoms with Crippen LogP contribution in [-0.4, -0.2) is 16.3 Å². The molecule has 0 spiro atoms. The summed E-state index contributed by atoms with van der Waals surface area (Å²) < 4.78 is 40.3. The second-order valence-corrected chi connectivity index (χ2v) is 3.91. The predicted octanol–water partition coefficient (Wildman–Crippen LogP) is 3.13. The third-order valence-electron chi connectivity index (χ3n) is 1.79. The van der Waals surface area contributed by atoms with Crippen molar-refractivity contribution in [2.24, 2.45) is 0 Å². The Bertz CT molecular complexity index is 530. The van der Waals surface area contributed by atoms with E-state index in [4.69, 9.17) is 0 Å². The van der Waals surface area contributed by atoms with Crippen LogP contribution in [0, 0.1) is 3.70 Å². The highest BCUT2D eigenvalue weighted by Gasteiger charge is 2.31. The minimum absolute atomic E-state index is 0.271.